The SMILES string of the molecule is CNC(=O)N1CCc2c(c(N3CCCc4cc(-c5cnn(C)c5)c(C(F)F)cc43)nn2C2CCN(C(=O)CCCCCNc3cccc4c3CN(C3CCC(=O)NC3=O)C4=O)CC2)C1. The van der Waals surface area contributed by atoms with E-state index in [2.05, 4.69) is 30.6 Å². The maximum atomic E-state index is 14.7. The number of rotatable bonds is 12. The summed E-state index contributed by atoms with van der Waals surface area (Å²) in [5.74, 6) is -0.113. The van der Waals surface area contributed by atoms with Gasteiger partial charge in [0.25, 0.3) is 12.3 Å². The summed E-state index contributed by atoms with van der Waals surface area (Å²) < 4.78 is 33.2. The van der Waals surface area contributed by atoms with Crippen molar-refractivity contribution in [2.75, 3.05) is 50.0 Å². The molecule has 1 unspecified atom stereocenters. The molecule has 0 radical (unpaired) electrons. The molecule has 9 rings (SSSR count). The van der Waals surface area contributed by atoms with E-state index < -0.39 is 18.4 Å². The van der Waals surface area contributed by atoms with E-state index in [-0.39, 0.29) is 41.8 Å². The van der Waals surface area contributed by atoms with Crippen LogP contribution in [0.3, 0.4) is 0 Å². The second-order valence-electron chi connectivity index (χ2n) is 17.5. The van der Waals surface area contributed by atoms with Crippen LogP contribution in [0.4, 0.5) is 30.8 Å². The van der Waals surface area contributed by atoms with Gasteiger partial charge in [0.05, 0.1) is 18.8 Å². The van der Waals surface area contributed by atoms with Gasteiger partial charge in [0, 0.05) is 124 Å². The predicted molar refractivity (Wildman–Crippen MR) is 234 cm³/mol. The number of alkyl halides is 2. The lowest BCUT2D eigenvalue weighted by atomic mass is 9.92. The van der Waals surface area contributed by atoms with Gasteiger partial charge in [0.2, 0.25) is 17.7 Å². The van der Waals surface area contributed by atoms with Gasteiger partial charge < -0.3 is 30.2 Å². The number of halogens is 2. The first-order valence-electron chi connectivity index (χ1n) is 22.6. The number of imide groups is 1. The summed E-state index contributed by atoms with van der Waals surface area (Å²) in [5.41, 5.74) is 7.02. The molecular weight excluding hydrogens is 825 g/mol. The Bertz CT molecular complexity index is 2480. The minimum atomic E-state index is -2.69. The van der Waals surface area contributed by atoms with Gasteiger partial charge in [-0.15, -0.1) is 0 Å². The molecule has 2 saturated heterocycles. The zero-order valence-corrected chi connectivity index (χ0v) is 36.4. The number of aryl methyl sites for hydroxylation is 2. The van der Waals surface area contributed by atoms with Crippen molar-refractivity contribution in [2.45, 2.75) is 102 Å². The number of carbonyl (C=O) groups excluding carboxylic acids is 5. The van der Waals surface area contributed by atoms with Crippen LogP contribution in [0.25, 0.3) is 11.1 Å². The molecular formula is C46H55F2N11O5. The van der Waals surface area contributed by atoms with Crippen molar-refractivity contribution in [3.05, 3.63) is 76.2 Å². The molecule has 1 atom stereocenters. The fraction of sp³-hybridized carbons (Fsp3) is 0.500. The lowest BCUT2D eigenvalue weighted by molar-refractivity contribution is -0.137. The monoisotopic (exact) mass is 879 g/mol. The number of carbonyl (C=O) groups is 5. The van der Waals surface area contributed by atoms with Crippen molar-refractivity contribution in [3.63, 3.8) is 0 Å². The van der Waals surface area contributed by atoms with Gasteiger partial charge in [-0.2, -0.15) is 10.2 Å². The maximum absolute atomic E-state index is 14.7. The van der Waals surface area contributed by atoms with Crippen LogP contribution >= 0.6 is 0 Å². The standard InChI is InChI=1S/C46H55F2N11O5/c1-49-46(64)56-21-16-37-35(26-56)43(57-18-7-8-28-22-32(29-24-51-54(2)25-29)33(42(47)48)23-39(28)57)53-59(37)30-14-19-55(20-15-30)41(61)11-4-3-5-17-50-36-10-6-9-31-34(36)27-58(45(31)63)38-12-13-40(60)52-44(38)62/h6,9-10,22-25,30,38,42,50H,3-5,7-8,11-21,26-27H2,1-2H3,(H,49,64)(H,52,60,62). The van der Waals surface area contributed by atoms with E-state index in [1.165, 1.54) is 0 Å². The second-order valence-corrected chi connectivity index (χ2v) is 17.5. The van der Waals surface area contributed by atoms with Crippen LogP contribution in [0.15, 0.2) is 42.7 Å². The first kappa shape index (κ1) is 42.9. The van der Waals surface area contributed by atoms with Gasteiger partial charge in [-0.1, -0.05) is 12.5 Å². The van der Waals surface area contributed by atoms with Crippen LogP contribution in [-0.2, 0) is 47.4 Å². The Kier molecular flexibility index (Phi) is 12.1. The number of nitrogens with zero attached hydrogens (tertiary/aromatic N) is 8. The molecule has 3 N–H and O–H groups in total. The summed E-state index contributed by atoms with van der Waals surface area (Å²) in [4.78, 5) is 71.0. The largest absolute Gasteiger partial charge is 0.385 e. The van der Waals surface area contributed by atoms with Crippen LogP contribution in [-0.4, -0.2) is 110 Å². The smallest absolute Gasteiger partial charge is 0.317 e. The molecule has 0 saturated carbocycles. The Hall–Kier alpha value is -6.33. The normalized spacial score (nSPS) is 18.9. The van der Waals surface area contributed by atoms with Gasteiger partial charge in [0.15, 0.2) is 5.82 Å². The molecule has 0 aliphatic carbocycles. The van der Waals surface area contributed by atoms with E-state index in [4.69, 9.17) is 5.10 Å². The van der Waals surface area contributed by atoms with E-state index in [0.29, 0.717) is 93.3 Å². The van der Waals surface area contributed by atoms with Crippen LogP contribution in [0.1, 0.15) is 109 Å². The molecule has 2 aromatic heterocycles. The molecule has 18 heteroatoms. The number of aromatic nitrogens is 4. The van der Waals surface area contributed by atoms with Crippen LogP contribution in [0.2, 0.25) is 0 Å². The highest BCUT2D eigenvalue weighted by molar-refractivity contribution is 6.06. The average molecular weight is 880 g/mol. The number of anilines is 3. The Morgan fingerprint density at radius 2 is 1.75 bits per heavy atom. The summed E-state index contributed by atoms with van der Waals surface area (Å²) in [6, 6.07) is 8.24. The Balaban J connectivity index is 0.817. The van der Waals surface area contributed by atoms with Gasteiger partial charge >= 0.3 is 6.03 Å². The lowest BCUT2D eigenvalue weighted by Crippen LogP contribution is -2.52. The van der Waals surface area contributed by atoms with E-state index in [1.807, 2.05) is 23.1 Å². The van der Waals surface area contributed by atoms with Crippen molar-refractivity contribution < 1.29 is 32.8 Å². The van der Waals surface area contributed by atoms with E-state index in [9.17, 15) is 32.8 Å². The molecule has 16 nitrogen and oxygen atoms in total. The van der Waals surface area contributed by atoms with Crippen molar-refractivity contribution in [1.29, 1.82) is 0 Å². The second kappa shape index (κ2) is 18.0. The molecule has 338 valence electrons. The van der Waals surface area contributed by atoms with Crippen molar-refractivity contribution in [3.8, 4) is 11.1 Å². The molecule has 4 aromatic rings. The van der Waals surface area contributed by atoms with Crippen LogP contribution in [0, 0.1) is 0 Å². The van der Waals surface area contributed by atoms with E-state index in [0.717, 1.165) is 73.0 Å². The number of amides is 6. The molecule has 5 aliphatic heterocycles. The zero-order chi connectivity index (χ0) is 44.6. The average Bonchev–Trinajstić information content (AvgIpc) is 4.01. The number of unbranched alkanes of at least 4 members (excludes halogenated alkanes) is 2. The molecule has 6 amide bonds. The molecule has 64 heavy (non-hydrogen) atoms. The van der Waals surface area contributed by atoms with Crippen molar-refractivity contribution in [2.24, 2.45) is 7.05 Å². The minimum Gasteiger partial charge on any atom is -0.385 e. The summed E-state index contributed by atoms with van der Waals surface area (Å²) in [6.07, 6.45) is 7.72. The Morgan fingerprint density at radius 1 is 0.922 bits per heavy atom. The molecule has 2 aromatic carbocycles. The number of hydrogen-bond donors (Lipinski definition) is 3. The third-order valence-electron chi connectivity index (χ3n) is 13.6. The van der Waals surface area contributed by atoms with Gasteiger partial charge in [-0.25, -0.2) is 13.6 Å². The van der Waals surface area contributed by atoms with Crippen molar-refractivity contribution in [1.82, 2.24) is 44.9 Å². The zero-order valence-electron chi connectivity index (χ0n) is 36.4. The summed E-state index contributed by atoms with van der Waals surface area (Å²) in [5, 5.41) is 18.1. The summed E-state index contributed by atoms with van der Waals surface area (Å²) in [6.45, 7) is 3.68. The first-order valence-corrected chi connectivity index (χ1v) is 22.6. The Labute approximate surface area is 370 Å². The predicted octanol–water partition coefficient (Wildman–Crippen LogP) is 5.60. The van der Waals surface area contributed by atoms with E-state index >= 15 is 0 Å². The number of fused-ring (bicyclic) bond motifs is 3. The van der Waals surface area contributed by atoms with Gasteiger partial charge in [-0.05, 0) is 80.3 Å². The van der Waals surface area contributed by atoms with Crippen LogP contribution in [0.5, 0.6) is 0 Å². The first-order chi connectivity index (χ1) is 31.0. The van der Waals surface area contributed by atoms with Gasteiger partial charge in [0.1, 0.15) is 6.04 Å². The highest BCUT2D eigenvalue weighted by atomic mass is 19.3. The third-order valence-corrected chi connectivity index (χ3v) is 13.6. The lowest BCUT2D eigenvalue weighted by Gasteiger charge is -2.34. The topological polar surface area (TPSA) is 170 Å². The molecule has 7 heterocycles. The number of benzene rings is 2. The molecule has 0 bridgehead atoms. The minimum absolute atomic E-state index is 0.0452. The molecule has 0 spiro atoms. The number of nitrogens with one attached hydrogen (secondary N) is 3. The highest BCUT2D eigenvalue weighted by Crippen LogP contribution is 2.44. The summed E-state index contributed by atoms with van der Waals surface area (Å²) >= 11 is 0. The molecule has 5 aliphatic rings. The fourth-order valence-electron chi connectivity index (χ4n) is 10.2. The quantitative estimate of drug-likeness (QED) is 0.121. The maximum Gasteiger partial charge on any atom is 0.317 e. The third kappa shape index (κ3) is 8.29. The number of likely N-dealkylation sites (tertiary alicyclic amines) is 1. The van der Waals surface area contributed by atoms with Crippen LogP contribution < -0.4 is 20.9 Å². The number of hydrogen-bond acceptors (Lipinski definition) is 9. The number of piperidine rings is 2. The summed E-state index contributed by atoms with van der Waals surface area (Å²) in [7, 11) is 3.38. The van der Waals surface area contributed by atoms with E-state index in [1.54, 1.807) is 53.1 Å². The highest BCUT2D eigenvalue weighted by Gasteiger charge is 2.40. The number of urea groups is 1. The Morgan fingerprint density at radius 3 is 2.50 bits per heavy atom. The van der Waals surface area contributed by atoms with Crippen molar-refractivity contribution >= 4 is 46.9 Å². The fourth-order valence-corrected chi connectivity index (χ4v) is 10.2. The van der Waals surface area contributed by atoms with Gasteiger partial charge in [-0.3, -0.25) is 33.9 Å². The molecule has 2 fully saturated rings.